The summed E-state index contributed by atoms with van der Waals surface area (Å²) in [5, 5.41) is 20.6. The van der Waals surface area contributed by atoms with Crippen molar-refractivity contribution in [3.63, 3.8) is 0 Å². The molecule has 0 atom stereocenters. The molecular weight excluding hydrogens is 302 g/mol. The number of aromatic nitrogens is 3. The second kappa shape index (κ2) is 6.23. The topological polar surface area (TPSA) is 79.1 Å². The molecule has 2 N–H and O–H groups in total. The van der Waals surface area contributed by atoms with Gasteiger partial charge in [-0.05, 0) is 12.1 Å². The van der Waals surface area contributed by atoms with E-state index in [1.807, 2.05) is 47.6 Å². The van der Waals surface area contributed by atoms with Gasteiger partial charge in [-0.1, -0.05) is 41.5 Å². The summed E-state index contributed by atoms with van der Waals surface area (Å²) in [5.41, 5.74) is 1.30. The van der Waals surface area contributed by atoms with Gasteiger partial charge in [-0.25, -0.2) is 15.0 Å². The van der Waals surface area contributed by atoms with E-state index >= 15 is 0 Å². The SMILES string of the molecule is CC(C)(C)/C(O)=C\c1nc2cccnc2nc1/C=C(/O)C(C)(C)C. The van der Waals surface area contributed by atoms with E-state index in [-0.39, 0.29) is 11.5 Å². The summed E-state index contributed by atoms with van der Waals surface area (Å²) < 4.78 is 0. The van der Waals surface area contributed by atoms with Crippen LogP contribution in [0.15, 0.2) is 29.8 Å². The molecule has 2 aromatic rings. The molecule has 0 fully saturated rings. The minimum absolute atomic E-state index is 0.192. The summed E-state index contributed by atoms with van der Waals surface area (Å²) in [5.74, 6) is 0.391. The maximum absolute atomic E-state index is 10.3. The second-order valence-electron chi connectivity index (χ2n) is 7.90. The van der Waals surface area contributed by atoms with E-state index in [1.54, 1.807) is 24.4 Å². The molecule has 0 unspecified atom stereocenters. The van der Waals surface area contributed by atoms with Crippen molar-refractivity contribution in [2.75, 3.05) is 0 Å². The van der Waals surface area contributed by atoms with Gasteiger partial charge in [0.15, 0.2) is 5.65 Å². The lowest BCUT2D eigenvalue weighted by Crippen LogP contribution is -2.10. The van der Waals surface area contributed by atoms with Crippen LogP contribution in [-0.2, 0) is 0 Å². The molecule has 2 rings (SSSR count). The number of allylic oxidation sites excluding steroid dienone is 2. The lowest BCUT2D eigenvalue weighted by molar-refractivity contribution is 0.282. The fraction of sp³-hybridized carbons (Fsp3) is 0.421. The molecule has 5 nitrogen and oxygen atoms in total. The van der Waals surface area contributed by atoms with Crippen molar-refractivity contribution in [3.8, 4) is 0 Å². The number of nitrogens with zero attached hydrogens (tertiary/aromatic N) is 3. The predicted molar refractivity (Wildman–Crippen MR) is 97.5 cm³/mol. The van der Waals surface area contributed by atoms with Crippen LogP contribution in [0.4, 0.5) is 0 Å². The van der Waals surface area contributed by atoms with E-state index in [9.17, 15) is 10.2 Å². The Kier molecular flexibility index (Phi) is 4.65. The molecule has 128 valence electrons. The first kappa shape index (κ1) is 17.9. The molecule has 5 heteroatoms. The molecule has 2 heterocycles. The molecule has 24 heavy (non-hydrogen) atoms. The fourth-order valence-electron chi connectivity index (χ4n) is 1.82. The third-order valence-corrected chi connectivity index (χ3v) is 3.58. The zero-order valence-corrected chi connectivity index (χ0v) is 15.1. The average Bonchev–Trinajstić information content (AvgIpc) is 2.45. The Morgan fingerprint density at radius 2 is 1.38 bits per heavy atom. The number of hydrogen-bond acceptors (Lipinski definition) is 5. The summed E-state index contributed by atoms with van der Waals surface area (Å²) in [7, 11) is 0. The van der Waals surface area contributed by atoms with E-state index in [4.69, 9.17) is 0 Å². The first-order valence-electron chi connectivity index (χ1n) is 7.93. The Morgan fingerprint density at radius 3 is 1.88 bits per heavy atom. The Labute approximate surface area is 142 Å². The summed E-state index contributed by atoms with van der Waals surface area (Å²) in [6.45, 7) is 11.5. The standard InChI is InChI=1S/C19H25N3O2/c1-18(2,3)15(23)10-13-14(11-16(24)19(4,5)6)22-17-12(21-13)8-7-9-20-17/h7-11,23-24H,1-6H3/b15-10+,16-11+. The molecule has 0 saturated carbocycles. The Morgan fingerprint density at radius 1 is 0.875 bits per heavy atom. The number of rotatable bonds is 2. The van der Waals surface area contributed by atoms with Crippen molar-refractivity contribution in [1.82, 2.24) is 15.0 Å². The van der Waals surface area contributed by atoms with Crippen LogP contribution in [0, 0.1) is 10.8 Å². The van der Waals surface area contributed by atoms with Gasteiger partial charge in [0, 0.05) is 29.2 Å². The van der Waals surface area contributed by atoms with Crippen LogP contribution < -0.4 is 0 Å². The zero-order valence-electron chi connectivity index (χ0n) is 15.1. The van der Waals surface area contributed by atoms with E-state index in [1.165, 1.54) is 0 Å². The Balaban J connectivity index is 2.69. The van der Waals surface area contributed by atoms with Crippen molar-refractivity contribution in [2.24, 2.45) is 10.8 Å². The number of fused-ring (bicyclic) bond motifs is 1. The van der Waals surface area contributed by atoms with Gasteiger partial charge < -0.3 is 10.2 Å². The predicted octanol–water partition coefficient (Wildman–Crippen LogP) is 4.91. The first-order valence-corrected chi connectivity index (χ1v) is 7.93. The maximum Gasteiger partial charge on any atom is 0.178 e. The van der Waals surface area contributed by atoms with Crippen molar-refractivity contribution in [3.05, 3.63) is 41.2 Å². The minimum atomic E-state index is -0.409. The van der Waals surface area contributed by atoms with Gasteiger partial charge >= 0.3 is 0 Å². The van der Waals surface area contributed by atoms with Crippen LogP contribution in [0.2, 0.25) is 0 Å². The highest BCUT2D eigenvalue weighted by Crippen LogP contribution is 2.28. The summed E-state index contributed by atoms with van der Waals surface area (Å²) in [4.78, 5) is 13.3. The van der Waals surface area contributed by atoms with Crippen LogP contribution in [0.1, 0.15) is 52.9 Å². The number of hydrogen-bond donors (Lipinski definition) is 2. The average molecular weight is 327 g/mol. The monoisotopic (exact) mass is 327 g/mol. The first-order chi connectivity index (χ1) is 11.0. The van der Waals surface area contributed by atoms with Crippen LogP contribution >= 0.6 is 0 Å². The minimum Gasteiger partial charge on any atom is -0.512 e. The molecule has 0 aliphatic rings. The largest absolute Gasteiger partial charge is 0.512 e. The zero-order chi connectivity index (χ0) is 18.1. The van der Waals surface area contributed by atoms with E-state index in [0.717, 1.165) is 0 Å². The molecule has 0 aliphatic heterocycles. The molecule has 0 amide bonds. The second-order valence-corrected chi connectivity index (χ2v) is 7.90. The smallest absolute Gasteiger partial charge is 0.178 e. The summed E-state index contributed by atoms with van der Waals surface area (Å²) in [6.07, 6.45) is 4.83. The third kappa shape index (κ3) is 4.10. The van der Waals surface area contributed by atoms with Crippen LogP contribution in [0.3, 0.4) is 0 Å². The van der Waals surface area contributed by atoms with Gasteiger partial charge in [0.05, 0.1) is 22.9 Å². The van der Waals surface area contributed by atoms with Crippen LogP contribution in [-0.4, -0.2) is 25.2 Å². The number of pyridine rings is 1. The van der Waals surface area contributed by atoms with E-state index in [0.29, 0.717) is 22.6 Å². The van der Waals surface area contributed by atoms with Gasteiger partial charge in [0.25, 0.3) is 0 Å². The third-order valence-electron chi connectivity index (χ3n) is 3.58. The van der Waals surface area contributed by atoms with Crippen molar-refractivity contribution in [2.45, 2.75) is 41.5 Å². The van der Waals surface area contributed by atoms with Crippen LogP contribution in [0.25, 0.3) is 23.3 Å². The highest BCUT2D eigenvalue weighted by atomic mass is 16.3. The molecule has 0 saturated heterocycles. The lowest BCUT2D eigenvalue weighted by atomic mass is 9.92. The Bertz CT molecular complexity index is 741. The lowest BCUT2D eigenvalue weighted by Gasteiger charge is -2.18. The van der Waals surface area contributed by atoms with Crippen LogP contribution in [0.5, 0.6) is 0 Å². The fourth-order valence-corrected chi connectivity index (χ4v) is 1.82. The summed E-state index contributed by atoms with van der Waals surface area (Å²) in [6, 6.07) is 3.61. The quantitative estimate of drug-likeness (QED) is 0.766. The van der Waals surface area contributed by atoms with Gasteiger partial charge in [0.2, 0.25) is 0 Å². The maximum atomic E-state index is 10.3. The van der Waals surface area contributed by atoms with Crippen molar-refractivity contribution < 1.29 is 10.2 Å². The number of aliphatic hydroxyl groups is 2. The van der Waals surface area contributed by atoms with Gasteiger partial charge in [-0.3, -0.25) is 0 Å². The highest BCUT2D eigenvalue weighted by Gasteiger charge is 2.20. The summed E-state index contributed by atoms with van der Waals surface area (Å²) >= 11 is 0. The van der Waals surface area contributed by atoms with Crippen molar-refractivity contribution in [1.29, 1.82) is 0 Å². The van der Waals surface area contributed by atoms with Crippen molar-refractivity contribution >= 4 is 23.3 Å². The molecular formula is C19H25N3O2. The molecule has 0 radical (unpaired) electrons. The molecule has 0 spiro atoms. The van der Waals surface area contributed by atoms with Gasteiger partial charge in [0.1, 0.15) is 5.52 Å². The molecule has 0 aliphatic carbocycles. The molecule has 0 bridgehead atoms. The highest BCUT2D eigenvalue weighted by molar-refractivity contribution is 5.75. The van der Waals surface area contributed by atoms with E-state index in [2.05, 4.69) is 15.0 Å². The Hall–Kier alpha value is -2.43. The van der Waals surface area contributed by atoms with Gasteiger partial charge in [-0.15, -0.1) is 0 Å². The van der Waals surface area contributed by atoms with Gasteiger partial charge in [-0.2, -0.15) is 0 Å². The molecule has 2 aromatic heterocycles. The number of aliphatic hydroxyl groups excluding tert-OH is 2. The molecule has 0 aromatic carbocycles. The normalized spacial score (nSPS) is 14.2. The van der Waals surface area contributed by atoms with E-state index < -0.39 is 10.8 Å².